The Morgan fingerprint density at radius 3 is 2.83 bits per heavy atom. The molecule has 0 unspecified atom stereocenters. The Hall–Kier alpha value is -2.11. The van der Waals surface area contributed by atoms with Crippen molar-refractivity contribution in [1.82, 2.24) is 19.8 Å². The summed E-state index contributed by atoms with van der Waals surface area (Å²) in [5.74, 6) is 1.33. The van der Waals surface area contributed by atoms with Gasteiger partial charge in [-0.25, -0.2) is 0 Å². The van der Waals surface area contributed by atoms with E-state index in [4.69, 9.17) is 4.52 Å². The van der Waals surface area contributed by atoms with Crippen molar-refractivity contribution in [3.8, 4) is 0 Å². The van der Waals surface area contributed by atoms with Gasteiger partial charge in [-0.15, -0.1) is 0 Å². The minimum absolute atomic E-state index is 0.00955. The summed E-state index contributed by atoms with van der Waals surface area (Å²) in [4.78, 5) is 14.7. The van der Waals surface area contributed by atoms with E-state index in [0.717, 1.165) is 55.9 Å². The summed E-state index contributed by atoms with van der Waals surface area (Å²) in [7, 11) is 0. The molecule has 2 aliphatic rings. The average Bonchev–Trinajstić information content (AvgIpc) is 2.95. The Labute approximate surface area is 135 Å². The molecule has 1 amide bonds. The average molecular weight is 314 g/mol. The Balaban J connectivity index is 1.49. The lowest BCUT2D eigenvalue weighted by atomic mass is 10.2. The first kappa shape index (κ1) is 14.5. The van der Waals surface area contributed by atoms with Crippen LogP contribution in [-0.2, 0) is 6.54 Å². The number of amides is 1. The van der Waals surface area contributed by atoms with Crippen LogP contribution in [0.25, 0.3) is 0 Å². The van der Waals surface area contributed by atoms with Gasteiger partial charge < -0.3 is 9.42 Å². The smallest absolute Gasteiger partial charge is 0.276 e. The Kier molecular flexibility index (Phi) is 3.47. The first-order valence-corrected chi connectivity index (χ1v) is 8.40. The van der Waals surface area contributed by atoms with Gasteiger partial charge in [0.25, 0.3) is 5.91 Å². The van der Waals surface area contributed by atoms with Crippen molar-refractivity contribution < 1.29 is 9.32 Å². The normalized spacial score (nSPS) is 21.1. The van der Waals surface area contributed by atoms with E-state index in [1.165, 1.54) is 0 Å². The van der Waals surface area contributed by atoms with E-state index in [-0.39, 0.29) is 11.9 Å². The number of carbonyl (C=O) groups excluding carboxylic acids is 1. The van der Waals surface area contributed by atoms with Crippen LogP contribution in [-0.4, -0.2) is 38.3 Å². The quantitative estimate of drug-likeness (QED) is 0.870. The standard InChI is InChI=1S/C17H22N4O2/c1-11-8-12(2)21(18-11)10-14-4-3-7-20(14)17(22)15-9-16(23-19-15)13-5-6-13/h8-9,13-14H,3-7,10H2,1-2H3/t14-/m1/s1. The zero-order chi connectivity index (χ0) is 16.0. The SMILES string of the molecule is Cc1cc(C)n(C[C@H]2CCCN2C(=O)c2cc(C3CC3)on2)n1. The number of hydrogen-bond acceptors (Lipinski definition) is 4. The van der Waals surface area contributed by atoms with E-state index in [9.17, 15) is 4.79 Å². The molecular weight excluding hydrogens is 292 g/mol. The van der Waals surface area contributed by atoms with Gasteiger partial charge in [0, 0.05) is 24.2 Å². The van der Waals surface area contributed by atoms with E-state index in [1.807, 2.05) is 22.6 Å². The molecule has 2 aromatic heterocycles. The highest BCUT2D eigenvalue weighted by atomic mass is 16.5. The molecule has 0 spiro atoms. The molecule has 0 bridgehead atoms. The maximum absolute atomic E-state index is 12.8. The molecule has 1 saturated carbocycles. The number of aryl methyl sites for hydroxylation is 2. The fraction of sp³-hybridized carbons (Fsp3) is 0.588. The zero-order valence-corrected chi connectivity index (χ0v) is 13.7. The largest absolute Gasteiger partial charge is 0.360 e. The third-order valence-electron chi connectivity index (χ3n) is 4.85. The lowest BCUT2D eigenvalue weighted by Crippen LogP contribution is -2.38. The molecular formula is C17H22N4O2. The lowest BCUT2D eigenvalue weighted by Gasteiger charge is -2.24. The van der Waals surface area contributed by atoms with Gasteiger partial charge in [0.1, 0.15) is 5.76 Å². The monoisotopic (exact) mass is 314 g/mol. The maximum Gasteiger partial charge on any atom is 0.276 e. The Bertz CT molecular complexity index is 729. The fourth-order valence-electron chi connectivity index (χ4n) is 3.45. The molecule has 2 aromatic rings. The van der Waals surface area contributed by atoms with Crippen molar-refractivity contribution in [2.75, 3.05) is 6.54 Å². The summed E-state index contributed by atoms with van der Waals surface area (Å²) in [6, 6.07) is 4.08. The summed E-state index contributed by atoms with van der Waals surface area (Å²) in [5.41, 5.74) is 2.61. The van der Waals surface area contributed by atoms with Gasteiger partial charge in [-0.2, -0.15) is 5.10 Å². The molecule has 0 aromatic carbocycles. The number of nitrogens with zero attached hydrogens (tertiary/aromatic N) is 4. The van der Waals surface area contributed by atoms with Crippen LogP contribution in [0.2, 0.25) is 0 Å². The summed E-state index contributed by atoms with van der Waals surface area (Å²) >= 11 is 0. The lowest BCUT2D eigenvalue weighted by molar-refractivity contribution is 0.0710. The van der Waals surface area contributed by atoms with Gasteiger partial charge in [-0.05, 0) is 45.6 Å². The fourth-order valence-corrected chi connectivity index (χ4v) is 3.45. The molecule has 1 aliphatic heterocycles. The van der Waals surface area contributed by atoms with Gasteiger partial charge in [0.05, 0.1) is 18.3 Å². The number of hydrogen-bond donors (Lipinski definition) is 0. The van der Waals surface area contributed by atoms with Crippen molar-refractivity contribution in [1.29, 1.82) is 0 Å². The second-order valence-electron chi connectivity index (χ2n) is 6.79. The molecule has 0 N–H and O–H groups in total. The Morgan fingerprint density at radius 2 is 2.13 bits per heavy atom. The Morgan fingerprint density at radius 1 is 1.30 bits per heavy atom. The predicted octanol–water partition coefficient (Wildman–Crippen LogP) is 2.67. The van der Waals surface area contributed by atoms with Gasteiger partial charge in [0.2, 0.25) is 0 Å². The predicted molar refractivity (Wildman–Crippen MR) is 84.2 cm³/mol. The summed E-state index contributed by atoms with van der Waals surface area (Å²) < 4.78 is 7.33. The van der Waals surface area contributed by atoms with Crippen LogP contribution in [0.3, 0.4) is 0 Å². The van der Waals surface area contributed by atoms with Crippen LogP contribution in [0.5, 0.6) is 0 Å². The second kappa shape index (κ2) is 5.51. The topological polar surface area (TPSA) is 64.2 Å². The first-order chi connectivity index (χ1) is 11.1. The number of carbonyl (C=O) groups is 1. The van der Waals surface area contributed by atoms with E-state index >= 15 is 0 Å². The van der Waals surface area contributed by atoms with Gasteiger partial charge in [0.15, 0.2) is 5.69 Å². The first-order valence-electron chi connectivity index (χ1n) is 8.40. The summed E-state index contributed by atoms with van der Waals surface area (Å²) in [5, 5.41) is 8.52. The van der Waals surface area contributed by atoms with Crippen LogP contribution in [0.1, 0.15) is 59.2 Å². The number of rotatable bonds is 4. The van der Waals surface area contributed by atoms with Crippen molar-refractivity contribution in [2.24, 2.45) is 0 Å². The minimum Gasteiger partial charge on any atom is -0.360 e. The number of likely N-dealkylation sites (tertiary alicyclic amines) is 1. The molecule has 1 aliphatic carbocycles. The maximum atomic E-state index is 12.8. The molecule has 1 saturated heterocycles. The summed E-state index contributed by atoms with van der Waals surface area (Å²) in [6.45, 7) is 5.59. The van der Waals surface area contributed by atoms with Crippen molar-refractivity contribution in [3.05, 3.63) is 35.0 Å². The van der Waals surface area contributed by atoms with Crippen molar-refractivity contribution in [3.63, 3.8) is 0 Å². The molecule has 4 rings (SSSR count). The van der Waals surface area contributed by atoms with E-state index in [2.05, 4.69) is 23.2 Å². The van der Waals surface area contributed by atoms with Crippen LogP contribution >= 0.6 is 0 Å². The van der Waals surface area contributed by atoms with Gasteiger partial charge in [-0.3, -0.25) is 9.48 Å². The molecule has 2 fully saturated rings. The van der Waals surface area contributed by atoms with Gasteiger partial charge in [-0.1, -0.05) is 5.16 Å². The van der Waals surface area contributed by atoms with Crippen LogP contribution in [0.4, 0.5) is 0 Å². The van der Waals surface area contributed by atoms with Crippen LogP contribution in [0, 0.1) is 13.8 Å². The van der Waals surface area contributed by atoms with Crippen molar-refractivity contribution in [2.45, 2.75) is 58.0 Å². The highest BCUT2D eigenvalue weighted by molar-refractivity contribution is 5.92. The third kappa shape index (κ3) is 2.78. The molecule has 1 atom stereocenters. The third-order valence-corrected chi connectivity index (χ3v) is 4.85. The number of aromatic nitrogens is 3. The summed E-state index contributed by atoms with van der Waals surface area (Å²) in [6.07, 6.45) is 4.33. The van der Waals surface area contributed by atoms with Gasteiger partial charge >= 0.3 is 0 Å². The molecule has 6 nitrogen and oxygen atoms in total. The second-order valence-corrected chi connectivity index (χ2v) is 6.79. The molecule has 6 heteroatoms. The molecule has 122 valence electrons. The highest BCUT2D eigenvalue weighted by Gasteiger charge is 2.34. The van der Waals surface area contributed by atoms with E-state index < -0.39 is 0 Å². The molecule has 23 heavy (non-hydrogen) atoms. The van der Waals surface area contributed by atoms with E-state index in [1.54, 1.807) is 0 Å². The van der Waals surface area contributed by atoms with Crippen LogP contribution < -0.4 is 0 Å². The zero-order valence-electron chi connectivity index (χ0n) is 13.7. The molecule has 0 radical (unpaired) electrons. The van der Waals surface area contributed by atoms with E-state index in [0.29, 0.717) is 11.6 Å². The van der Waals surface area contributed by atoms with Crippen LogP contribution in [0.15, 0.2) is 16.7 Å². The highest BCUT2D eigenvalue weighted by Crippen LogP contribution is 2.40. The molecule has 3 heterocycles. The minimum atomic E-state index is -0.00955. The van der Waals surface area contributed by atoms with Crippen molar-refractivity contribution >= 4 is 5.91 Å².